The van der Waals surface area contributed by atoms with Gasteiger partial charge in [-0.15, -0.1) is 16.4 Å². The monoisotopic (exact) mass is 429 g/mol. The average Bonchev–Trinajstić information content (AvgIpc) is 3.54. The van der Waals surface area contributed by atoms with Crippen molar-refractivity contribution in [2.75, 3.05) is 0 Å². The summed E-state index contributed by atoms with van der Waals surface area (Å²) >= 11 is 2.85. The molecule has 0 bridgehead atoms. The van der Waals surface area contributed by atoms with Crippen LogP contribution in [0, 0.1) is 0 Å². The Labute approximate surface area is 176 Å². The van der Waals surface area contributed by atoms with Crippen molar-refractivity contribution < 1.29 is 4.42 Å². The third kappa shape index (κ3) is 2.83. The molecule has 0 N–H and O–H groups in total. The second-order valence-corrected chi connectivity index (χ2v) is 8.51. The number of para-hydroxylation sites is 1. The van der Waals surface area contributed by atoms with E-state index in [1.807, 2.05) is 48.5 Å². The highest BCUT2D eigenvalue weighted by Gasteiger charge is 2.13. The van der Waals surface area contributed by atoms with Gasteiger partial charge in [-0.3, -0.25) is 9.78 Å². The molecule has 6 rings (SSSR count). The summed E-state index contributed by atoms with van der Waals surface area (Å²) in [4.78, 5) is 26.3. The molecular weight excluding hydrogens is 418 g/mol. The van der Waals surface area contributed by atoms with E-state index >= 15 is 0 Å². The maximum absolute atomic E-state index is 12.7. The van der Waals surface area contributed by atoms with E-state index in [0.29, 0.717) is 26.8 Å². The number of rotatable bonds is 3. The lowest BCUT2D eigenvalue weighted by Crippen LogP contribution is -2.23. The molecule has 0 unspecified atom stereocenters. The molecule has 0 amide bonds. The van der Waals surface area contributed by atoms with Crippen LogP contribution in [0.4, 0.5) is 0 Å². The number of fused-ring (bicyclic) bond motifs is 2. The van der Waals surface area contributed by atoms with E-state index < -0.39 is 0 Å². The van der Waals surface area contributed by atoms with Crippen molar-refractivity contribution in [1.82, 2.24) is 24.6 Å². The molecule has 5 heterocycles. The molecule has 1 aromatic carbocycles. The number of nitrogens with zero attached hydrogens (tertiary/aromatic N) is 5. The van der Waals surface area contributed by atoms with Gasteiger partial charge in [0.15, 0.2) is 16.6 Å². The summed E-state index contributed by atoms with van der Waals surface area (Å²) in [6.07, 6.45) is 5.05. The van der Waals surface area contributed by atoms with E-state index in [0.717, 1.165) is 20.8 Å². The summed E-state index contributed by atoms with van der Waals surface area (Å²) in [6, 6.07) is 15.3. The molecule has 6 aromatic rings. The summed E-state index contributed by atoms with van der Waals surface area (Å²) in [5.41, 5.74) is 1.54. The molecule has 0 spiro atoms. The first-order chi connectivity index (χ1) is 14.7. The molecule has 0 fully saturated rings. The van der Waals surface area contributed by atoms with Gasteiger partial charge < -0.3 is 4.42 Å². The van der Waals surface area contributed by atoms with Crippen LogP contribution in [0.1, 0.15) is 5.76 Å². The van der Waals surface area contributed by atoms with Crippen molar-refractivity contribution in [3.05, 3.63) is 81.6 Å². The van der Waals surface area contributed by atoms with Crippen LogP contribution in [-0.2, 0) is 0 Å². The van der Waals surface area contributed by atoms with Crippen molar-refractivity contribution in [1.29, 1.82) is 0 Å². The Balaban J connectivity index is 1.38. The van der Waals surface area contributed by atoms with Crippen molar-refractivity contribution in [3.63, 3.8) is 0 Å². The van der Waals surface area contributed by atoms with Crippen molar-refractivity contribution in [2.45, 2.75) is 0 Å². The molecule has 144 valence electrons. The van der Waals surface area contributed by atoms with Gasteiger partial charge in [0.25, 0.3) is 5.56 Å². The van der Waals surface area contributed by atoms with Crippen LogP contribution in [0.15, 0.2) is 70.1 Å². The third-order valence-corrected chi connectivity index (χ3v) is 6.54. The quantitative estimate of drug-likeness (QED) is 0.427. The van der Waals surface area contributed by atoms with Gasteiger partial charge in [0.2, 0.25) is 4.96 Å². The van der Waals surface area contributed by atoms with E-state index in [1.54, 1.807) is 29.8 Å². The molecule has 0 atom stereocenters. The molecule has 5 aromatic heterocycles. The highest BCUT2D eigenvalue weighted by Crippen LogP contribution is 2.31. The fourth-order valence-corrected chi connectivity index (χ4v) is 4.92. The number of pyridine rings is 1. The molecule has 0 saturated carbocycles. The summed E-state index contributed by atoms with van der Waals surface area (Å²) in [7, 11) is 0. The zero-order chi connectivity index (χ0) is 20.1. The fraction of sp³-hybridized carbons (Fsp3) is 0. The Morgan fingerprint density at radius 3 is 2.67 bits per heavy atom. The normalized spacial score (nSPS) is 12.3. The maximum atomic E-state index is 12.7. The van der Waals surface area contributed by atoms with Gasteiger partial charge in [-0.1, -0.05) is 23.5 Å². The lowest BCUT2D eigenvalue weighted by atomic mass is 10.3. The van der Waals surface area contributed by atoms with Crippen LogP contribution in [0.2, 0.25) is 0 Å². The molecule has 0 radical (unpaired) electrons. The van der Waals surface area contributed by atoms with Crippen LogP contribution in [0.5, 0.6) is 0 Å². The number of aromatic nitrogens is 5. The van der Waals surface area contributed by atoms with E-state index in [1.165, 1.54) is 15.9 Å². The standard InChI is InChI=1S/C21H11N5O2S2/c27-20-17(30-21-24-18(25-26(20)21)12-7-9-22-10-8-12)11-13-5-6-15(28-13)19-23-14-3-1-2-4-16(14)29-19/h1-11H/b17-11-. The predicted octanol–water partition coefficient (Wildman–Crippen LogP) is 3.63. The Hall–Kier alpha value is -3.69. The Morgan fingerprint density at radius 2 is 1.83 bits per heavy atom. The van der Waals surface area contributed by atoms with E-state index in [9.17, 15) is 4.79 Å². The number of hydrogen-bond acceptors (Lipinski definition) is 8. The van der Waals surface area contributed by atoms with Gasteiger partial charge in [-0.05, 0) is 36.4 Å². The average molecular weight is 429 g/mol. The molecule has 0 aliphatic carbocycles. The topological polar surface area (TPSA) is 86.2 Å². The van der Waals surface area contributed by atoms with E-state index in [-0.39, 0.29) is 5.56 Å². The van der Waals surface area contributed by atoms with Gasteiger partial charge >= 0.3 is 0 Å². The first-order valence-corrected chi connectivity index (χ1v) is 10.7. The zero-order valence-corrected chi connectivity index (χ0v) is 16.9. The second kappa shape index (κ2) is 6.68. The Kier molecular flexibility index (Phi) is 3.83. The highest BCUT2D eigenvalue weighted by atomic mass is 32.1. The molecule has 9 heteroatoms. The third-order valence-electron chi connectivity index (χ3n) is 4.53. The number of thiazole rings is 2. The fourth-order valence-electron chi connectivity index (χ4n) is 3.11. The number of benzene rings is 1. The first-order valence-electron chi connectivity index (χ1n) is 9.02. The van der Waals surface area contributed by atoms with Gasteiger partial charge in [0.05, 0.1) is 10.2 Å². The summed E-state index contributed by atoms with van der Waals surface area (Å²) < 4.78 is 8.86. The minimum absolute atomic E-state index is 0.222. The smallest absolute Gasteiger partial charge is 0.291 e. The SMILES string of the molecule is O=c1/c(=C/c2ccc(-c3nc4ccccc4s3)o2)sc2nc(-c3ccncc3)nn12. The maximum Gasteiger partial charge on any atom is 0.291 e. The summed E-state index contributed by atoms with van der Waals surface area (Å²) in [5.74, 6) is 1.76. The molecule has 30 heavy (non-hydrogen) atoms. The minimum atomic E-state index is -0.222. The summed E-state index contributed by atoms with van der Waals surface area (Å²) in [5, 5.41) is 5.15. The molecule has 0 aliphatic heterocycles. The molecule has 7 nitrogen and oxygen atoms in total. The van der Waals surface area contributed by atoms with E-state index in [4.69, 9.17) is 4.42 Å². The lowest BCUT2D eigenvalue weighted by molar-refractivity contribution is 0.571. The summed E-state index contributed by atoms with van der Waals surface area (Å²) in [6.45, 7) is 0. The molecule has 0 aliphatic rings. The lowest BCUT2D eigenvalue weighted by Gasteiger charge is -1.90. The van der Waals surface area contributed by atoms with Crippen LogP contribution in [0.3, 0.4) is 0 Å². The van der Waals surface area contributed by atoms with Crippen LogP contribution in [-0.4, -0.2) is 24.6 Å². The number of furan rings is 1. The van der Waals surface area contributed by atoms with Crippen LogP contribution < -0.4 is 10.1 Å². The van der Waals surface area contributed by atoms with Crippen LogP contribution >= 0.6 is 22.7 Å². The molecule has 0 saturated heterocycles. The van der Waals surface area contributed by atoms with Crippen molar-refractivity contribution in [2.24, 2.45) is 0 Å². The highest BCUT2D eigenvalue weighted by molar-refractivity contribution is 7.21. The zero-order valence-electron chi connectivity index (χ0n) is 15.2. The van der Waals surface area contributed by atoms with Gasteiger partial charge in [0, 0.05) is 24.0 Å². The Morgan fingerprint density at radius 1 is 0.967 bits per heavy atom. The first kappa shape index (κ1) is 17.2. The van der Waals surface area contributed by atoms with Crippen molar-refractivity contribution >= 4 is 43.9 Å². The second-order valence-electron chi connectivity index (χ2n) is 6.47. The van der Waals surface area contributed by atoms with Gasteiger partial charge in [-0.25, -0.2) is 4.98 Å². The number of hydrogen-bond donors (Lipinski definition) is 0. The Bertz CT molecular complexity index is 1600. The van der Waals surface area contributed by atoms with Gasteiger partial charge in [-0.2, -0.15) is 9.50 Å². The van der Waals surface area contributed by atoms with Crippen molar-refractivity contribution in [3.8, 4) is 22.2 Å². The van der Waals surface area contributed by atoms with Gasteiger partial charge in [0.1, 0.15) is 10.3 Å². The largest absolute Gasteiger partial charge is 0.454 e. The van der Waals surface area contributed by atoms with E-state index in [2.05, 4.69) is 20.1 Å². The minimum Gasteiger partial charge on any atom is -0.454 e. The molecular formula is C21H11N5O2S2. The van der Waals surface area contributed by atoms with Crippen LogP contribution in [0.25, 0.3) is 43.4 Å². The predicted molar refractivity (Wildman–Crippen MR) is 116 cm³/mol.